The predicted molar refractivity (Wildman–Crippen MR) is 95.1 cm³/mol. The summed E-state index contributed by atoms with van der Waals surface area (Å²) in [4.78, 5) is 34.9. The molecule has 8 heteroatoms. The highest BCUT2D eigenvalue weighted by Crippen LogP contribution is 2.17. The summed E-state index contributed by atoms with van der Waals surface area (Å²) in [5, 5.41) is 4.62. The number of esters is 1. The van der Waals surface area contributed by atoms with Gasteiger partial charge in [0.25, 0.3) is 5.91 Å². The molecular formula is C18H26N2O6. The van der Waals surface area contributed by atoms with Crippen LogP contribution in [0.5, 0.6) is 11.5 Å². The maximum Gasteiger partial charge on any atom is 0.321 e. The lowest BCUT2D eigenvalue weighted by molar-refractivity contribution is -0.154. The molecule has 0 fully saturated rings. The highest BCUT2D eigenvalue weighted by molar-refractivity contribution is 5.97. The van der Waals surface area contributed by atoms with Crippen LogP contribution in [0.1, 0.15) is 33.6 Å². The number of hydrogen-bond donors (Lipinski definition) is 2. The van der Waals surface area contributed by atoms with Gasteiger partial charge in [0.05, 0.1) is 13.7 Å². The standard InChI is InChI=1S/C18H26N2O6/c1-12(2)19-18(23)20-17(22)13(3)26-16(21)6-5-11-25-15-9-7-14(24-4)8-10-15/h7-10,12-13H,5-6,11H2,1-4H3,(H2,19,20,22,23)/t13-/m0/s1. The minimum atomic E-state index is -1.05. The van der Waals surface area contributed by atoms with Crippen LogP contribution in [0, 0.1) is 0 Å². The van der Waals surface area contributed by atoms with Gasteiger partial charge in [-0.05, 0) is 51.5 Å². The monoisotopic (exact) mass is 366 g/mol. The van der Waals surface area contributed by atoms with Gasteiger partial charge in [0.15, 0.2) is 6.10 Å². The van der Waals surface area contributed by atoms with E-state index in [-0.39, 0.29) is 12.5 Å². The van der Waals surface area contributed by atoms with E-state index < -0.39 is 24.0 Å². The molecule has 0 radical (unpaired) electrons. The predicted octanol–water partition coefficient (Wildman–Crippen LogP) is 2.02. The molecule has 8 nitrogen and oxygen atoms in total. The van der Waals surface area contributed by atoms with Crippen LogP contribution in [0.2, 0.25) is 0 Å². The average molecular weight is 366 g/mol. The summed E-state index contributed by atoms with van der Waals surface area (Å²) < 4.78 is 15.6. The number of benzene rings is 1. The number of urea groups is 1. The van der Waals surface area contributed by atoms with Crippen LogP contribution in [-0.2, 0) is 14.3 Å². The first-order valence-corrected chi connectivity index (χ1v) is 8.39. The molecule has 0 unspecified atom stereocenters. The molecule has 0 aliphatic carbocycles. The molecule has 0 aromatic heterocycles. The van der Waals surface area contributed by atoms with Crippen molar-refractivity contribution >= 4 is 17.9 Å². The molecule has 0 heterocycles. The van der Waals surface area contributed by atoms with Crippen molar-refractivity contribution in [2.24, 2.45) is 0 Å². The summed E-state index contributed by atoms with van der Waals surface area (Å²) >= 11 is 0. The Morgan fingerprint density at radius 3 is 2.23 bits per heavy atom. The Morgan fingerprint density at radius 2 is 1.65 bits per heavy atom. The second-order valence-electron chi connectivity index (χ2n) is 5.88. The van der Waals surface area contributed by atoms with Crippen LogP contribution in [0.4, 0.5) is 4.79 Å². The second-order valence-corrected chi connectivity index (χ2v) is 5.88. The minimum absolute atomic E-state index is 0.103. The quantitative estimate of drug-likeness (QED) is 0.512. The van der Waals surface area contributed by atoms with Gasteiger partial charge in [0.1, 0.15) is 11.5 Å². The third-order valence-corrected chi connectivity index (χ3v) is 3.19. The van der Waals surface area contributed by atoms with E-state index in [2.05, 4.69) is 10.6 Å². The Kier molecular flexibility index (Phi) is 8.97. The van der Waals surface area contributed by atoms with Crippen molar-refractivity contribution in [3.8, 4) is 11.5 Å². The fraction of sp³-hybridized carbons (Fsp3) is 0.500. The molecule has 0 aliphatic rings. The Labute approximate surface area is 153 Å². The number of ether oxygens (including phenoxy) is 3. The second kappa shape index (κ2) is 11.0. The van der Waals surface area contributed by atoms with Crippen LogP contribution in [-0.4, -0.2) is 43.8 Å². The smallest absolute Gasteiger partial charge is 0.321 e. The summed E-state index contributed by atoms with van der Waals surface area (Å²) in [5.41, 5.74) is 0. The zero-order valence-electron chi connectivity index (χ0n) is 15.5. The van der Waals surface area contributed by atoms with Gasteiger partial charge in [-0.3, -0.25) is 14.9 Å². The maximum absolute atomic E-state index is 11.8. The average Bonchev–Trinajstić information content (AvgIpc) is 2.58. The molecule has 1 aromatic rings. The number of hydrogen-bond acceptors (Lipinski definition) is 6. The van der Waals surface area contributed by atoms with Crippen molar-refractivity contribution in [3.05, 3.63) is 24.3 Å². The van der Waals surface area contributed by atoms with Gasteiger partial charge >= 0.3 is 12.0 Å². The van der Waals surface area contributed by atoms with Crippen molar-refractivity contribution < 1.29 is 28.6 Å². The van der Waals surface area contributed by atoms with Crippen molar-refractivity contribution in [1.29, 1.82) is 0 Å². The van der Waals surface area contributed by atoms with Gasteiger partial charge in [0.2, 0.25) is 0 Å². The zero-order valence-corrected chi connectivity index (χ0v) is 15.5. The summed E-state index contributed by atoms with van der Waals surface area (Å²) in [7, 11) is 1.58. The van der Waals surface area contributed by atoms with Gasteiger partial charge in [-0.25, -0.2) is 4.79 Å². The van der Waals surface area contributed by atoms with E-state index in [0.717, 1.165) is 5.75 Å². The van der Waals surface area contributed by atoms with E-state index in [4.69, 9.17) is 14.2 Å². The van der Waals surface area contributed by atoms with Crippen LogP contribution < -0.4 is 20.1 Å². The van der Waals surface area contributed by atoms with E-state index in [9.17, 15) is 14.4 Å². The van der Waals surface area contributed by atoms with Crippen LogP contribution in [0.3, 0.4) is 0 Å². The minimum Gasteiger partial charge on any atom is -0.497 e. The number of amides is 3. The molecule has 0 saturated heterocycles. The van der Waals surface area contributed by atoms with Crippen LogP contribution >= 0.6 is 0 Å². The van der Waals surface area contributed by atoms with Crippen molar-refractivity contribution in [3.63, 3.8) is 0 Å². The van der Waals surface area contributed by atoms with Gasteiger partial charge < -0.3 is 19.5 Å². The van der Waals surface area contributed by atoms with Crippen LogP contribution in [0.25, 0.3) is 0 Å². The molecule has 3 amide bonds. The zero-order chi connectivity index (χ0) is 19.5. The number of methoxy groups -OCH3 is 1. The van der Waals surface area contributed by atoms with Crippen molar-refractivity contribution in [2.45, 2.75) is 45.8 Å². The Hall–Kier alpha value is -2.77. The Balaban J connectivity index is 2.23. The molecule has 26 heavy (non-hydrogen) atoms. The molecule has 144 valence electrons. The topological polar surface area (TPSA) is 103 Å². The van der Waals surface area contributed by atoms with E-state index in [1.54, 1.807) is 45.2 Å². The molecule has 0 aliphatic heterocycles. The number of imide groups is 1. The first kappa shape index (κ1) is 21.3. The lowest BCUT2D eigenvalue weighted by atomic mass is 10.3. The molecule has 0 bridgehead atoms. The van der Waals surface area contributed by atoms with E-state index in [0.29, 0.717) is 18.8 Å². The highest BCUT2D eigenvalue weighted by Gasteiger charge is 2.19. The van der Waals surface area contributed by atoms with E-state index in [1.165, 1.54) is 6.92 Å². The SMILES string of the molecule is COc1ccc(OCCCC(=O)O[C@@H](C)C(=O)NC(=O)NC(C)C)cc1. The highest BCUT2D eigenvalue weighted by atomic mass is 16.5. The lowest BCUT2D eigenvalue weighted by Gasteiger charge is -2.14. The summed E-state index contributed by atoms with van der Waals surface area (Å²) in [5.74, 6) is 0.194. The molecular weight excluding hydrogens is 340 g/mol. The van der Waals surface area contributed by atoms with Gasteiger partial charge in [-0.1, -0.05) is 0 Å². The first-order valence-electron chi connectivity index (χ1n) is 8.39. The number of carbonyl (C=O) groups excluding carboxylic acids is 3. The van der Waals surface area contributed by atoms with Crippen molar-refractivity contribution in [2.75, 3.05) is 13.7 Å². The van der Waals surface area contributed by atoms with Gasteiger partial charge in [0, 0.05) is 12.5 Å². The molecule has 1 atom stereocenters. The van der Waals surface area contributed by atoms with Gasteiger partial charge in [-0.15, -0.1) is 0 Å². The van der Waals surface area contributed by atoms with Gasteiger partial charge in [-0.2, -0.15) is 0 Å². The van der Waals surface area contributed by atoms with Crippen molar-refractivity contribution in [1.82, 2.24) is 10.6 Å². The third-order valence-electron chi connectivity index (χ3n) is 3.19. The number of nitrogens with one attached hydrogen (secondary N) is 2. The normalized spacial score (nSPS) is 11.4. The summed E-state index contributed by atoms with van der Waals surface area (Å²) in [6, 6.07) is 6.36. The largest absolute Gasteiger partial charge is 0.497 e. The first-order chi connectivity index (χ1) is 12.3. The number of carbonyl (C=O) groups is 3. The third kappa shape index (κ3) is 8.36. The molecule has 0 saturated carbocycles. The summed E-state index contributed by atoms with van der Waals surface area (Å²) in [6.07, 6.45) is -0.512. The van der Waals surface area contributed by atoms with E-state index in [1.807, 2.05) is 0 Å². The number of rotatable bonds is 9. The fourth-order valence-electron chi connectivity index (χ4n) is 1.90. The maximum atomic E-state index is 11.8. The molecule has 2 N–H and O–H groups in total. The Bertz CT molecular complexity index is 600. The fourth-order valence-corrected chi connectivity index (χ4v) is 1.90. The molecule has 1 rings (SSSR count). The molecule has 1 aromatic carbocycles. The summed E-state index contributed by atoms with van der Waals surface area (Å²) in [6.45, 7) is 5.27. The molecule has 0 spiro atoms. The lowest BCUT2D eigenvalue weighted by Crippen LogP contribution is -2.46. The van der Waals surface area contributed by atoms with Crippen LogP contribution in [0.15, 0.2) is 24.3 Å². The Morgan fingerprint density at radius 1 is 1.04 bits per heavy atom. The van der Waals surface area contributed by atoms with E-state index >= 15 is 0 Å².